The molecule has 3 heteroatoms. The molecule has 0 radical (unpaired) electrons. The summed E-state index contributed by atoms with van der Waals surface area (Å²) < 4.78 is 0. The van der Waals surface area contributed by atoms with Gasteiger partial charge in [-0.05, 0) is 12.3 Å². The van der Waals surface area contributed by atoms with Crippen molar-refractivity contribution in [2.75, 3.05) is 11.5 Å². The second-order valence-electron chi connectivity index (χ2n) is 4.16. The summed E-state index contributed by atoms with van der Waals surface area (Å²) in [5.41, 5.74) is 0. The average Bonchev–Trinajstić information content (AvgIpc) is 2.89. The molecule has 1 heterocycles. The lowest BCUT2D eigenvalue weighted by Crippen LogP contribution is -2.34. The summed E-state index contributed by atoms with van der Waals surface area (Å²) in [7, 11) is 0. The van der Waals surface area contributed by atoms with Gasteiger partial charge in [0.1, 0.15) is 0 Å². The maximum absolute atomic E-state index is 10.0. The Bertz CT molecular complexity index is 170. The van der Waals surface area contributed by atoms with E-state index >= 15 is 0 Å². The summed E-state index contributed by atoms with van der Waals surface area (Å²) in [6.07, 6.45) is 3.73. The Labute approximate surface area is 89.1 Å². The van der Waals surface area contributed by atoms with Gasteiger partial charge in [-0.15, -0.1) is 0 Å². The van der Waals surface area contributed by atoms with Gasteiger partial charge in [0, 0.05) is 22.0 Å². The van der Waals surface area contributed by atoms with Crippen LogP contribution in [-0.4, -0.2) is 33.2 Å². The first-order valence-electron chi connectivity index (χ1n) is 5.18. The first kappa shape index (κ1) is 10.2. The molecule has 0 aromatic heterocycles. The van der Waals surface area contributed by atoms with Gasteiger partial charge in [-0.25, -0.2) is 0 Å². The van der Waals surface area contributed by atoms with Crippen molar-refractivity contribution < 1.29 is 5.11 Å². The molecule has 3 atom stereocenters. The number of aliphatic hydroxyl groups is 1. The molecule has 3 unspecified atom stereocenters. The van der Waals surface area contributed by atoms with Crippen LogP contribution in [0.25, 0.3) is 0 Å². The summed E-state index contributed by atoms with van der Waals surface area (Å²) >= 11 is 4.00. The number of aliphatic hydroxyl groups excluding tert-OH is 1. The highest BCUT2D eigenvalue weighted by atomic mass is 32.2. The van der Waals surface area contributed by atoms with Crippen LogP contribution in [0.5, 0.6) is 0 Å². The van der Waals surface area contributed by atoms with E-state index in [1.165, 1.54) is 24.3 Å². The Kier molecular flexibility index (Phi) is 3.49. The van der Waals surface area contributed by atoms with Crippen molar-refractivity contribution in [1.82, 2.24) is 0 Å². The van der Waals surface area contributed by atoms with Crippen molar-refractivity contribution in [2.45, 2.75) is 42.8 Å². The van der Waals surface area contributed by atoms with Gasteiger partial charge in [0.2, 0.25) is 0 Å². The van der Waals surface area contributed by atoms with E-state index in [1.54, 1.807) is 0 Å². The molecule has 2 rings (SSSR count). The molecule has 76 valence electrons. The van der Waals surface area contributed by atoms with Crippen LogP contribution in [-0.2, 0) is 0 Å². The van der Waals surface area contributed by atoms with E-state index in [2.05, 4.69) is 6.92 Å². The highest BCUT2D eigenvalue weighted by molar-refractivity contribution is 8.07. The fourth-order valence-electron chi connectivity index (χ4n) is 1.90. The Morgan fingerprint density at radius 1 is 1.31 bits per heavy atom. The number of rotatable bonds is 3. The van der Waals surface area contributed by atoms with Crippen molar-refractivity contribution in [1.29, 1.82) is 0 Å². The minimum absolute atomic E-state index is 0.0414. The zero-order valence-corrected chi connectivity index (χ0v) is 9.74. The molecule has 0 aromatic rings. The lowest BCUT2D eigenvalue weighted by molar-refractivity contribution is 0.154. The van der Waals surface area contributed by atoms with Crippen LogP contribution in [0.4, 0.5) is 0 Å². The molecule has 1 nitrogen and oxygen atoms in total. The Hall–Kier alpha value is 0.660. The van der Waals surface area contributed by atoms with Crippen molar-refractivity contribution in [3.05, 3.63) is 0 Å². The van der Waals surface area contributed by atoms with E-state index < -0.39 is 0 Å². The largest absolute Gasteiger partial charge is 0.392 e. The number of hydrogen-bond acceptors (Lipinski definition) is 3. The summed E-state index contributed by atoms with van der Waals surface area (Å²) in [6.45, 7) is 2.26. The first-order chi connectivity index (χ1) is 6.27. The molecule has 0 aromatic carbocycles. The standard InChI is InChI=1S/C10H18OS2/c1-7-10(13-5-4-12-7)9(11)6-8-2-3-8/h7-11H,2-6H2,1H3. The highest BCUT2D eigenvalue weighted by Crippen LogP contribution is 2.39. The van der Waals surface area contributed by atoms with Gasteiger partial charge in [-0.2, -0.15) is 23.5 Å². The van der Waals surface area contributed by atoms with Crippen LogP contribution in [0.2, 0.25) is 0 Å². The van der Waals surface area contributed by atoms with Crippen LogP contribution in [0.15, 0.2) is 0 Å². The van der Waals surface area contributed by atoms with Crippen molar-refractivity contribution >= 4 is 23.5 Å². The molecule has 1 N–H and O–H groups in total. The van der Waals surface area contributed by atoms with E-state index in [0.717, 1.165) is 12.3 Å². The van der Waals surface area contributed by atoms with E-state index in [-0.39, 0.29) is 6.10 Å². The predicted octanol–water partition coefficient (Wildman–Crippen LogP) is 2.38. The third-order valence-electron chi connectivity index (χ3n) is 2.89. The zero-order chi connectivity index (χ0) is 9.26. The molecule has 1 saturated carbocycles. The fraction of sp³-hybridized carbons (Fsp3) is 1.00. The highest BCUT2D eigenvalue weighted by Gasteiger charge is 2.33. The fourth-order valence-corrected chi connectivity index (χ4v) is 4.76. The number of thioether (sulfide) groups is 2. The molecular formula is C10H18OS2. The summed E-state index contributed by atoms with van der Waals surface area (Å²) in [5, 5.41) is 11.2. The second kappa shape index (κ2) is 4.45. The maximum atomic E-state index is 10.0. The first-order valence-corrected chi connectivity index (χ1v) is 7.28. The Morgan fingerprint density at radius 2 is 2.00 bits per heavy atom. The zero-order valence-electron chi connectivity index (χ0n) is 8.11. The molecular weight excluding hydrogens is 200 g/mol. The summed E-state index contributed by atoms with van der Waals surface area (Å²) in [5.74, 6) is 3.34. The monoisotopic (exact) mass is 218 g/mol. The molecule has 2 aliphatic rings. The SMILES string of the molecule is CC1SCCSC1C(O)CC1CC1. The molecule has 1 saturated heterocycles. The molecule has 0 spiro atoms. The normalized spacial score (nSPS) is 37.4. The molecule has 1 aliphatic heterocycles. The van der Waals surface area contributed by atoms with E-state index in [0.29, 0.717) is 10.5 Å². The smallest absolute Gasteiger partial charge is 0.0672 e. The van der Waals surface area contributed by atoms with Crippen molar-refractivity contribution in [2.24, 2.45) is 5.92 Å². The lowest BCUT2D eigenvalue weighted by Gasteiger charge is -2.31. The summed E-state index contributed by atoms with van der Waals surface area (Å²) in [6, 6.07) is 0. The van der Waals surface area contributed by atoms with E-state index in [9.17, 15) is 5.11 Å². The Morgan fingerprint density at radius 3 is 2.62 bits per heavy atom. The molecule has 0 amide bonds. The van der Waals surface area contributed by atoms with Gasteiger partial charge in [0.25, 0.3) is 0 Å². The molecule has 0 bridgehead atoms. The third kappa shape index (κ3) is 2.80. The van der Waals surface area contributed by atoms with Gasteiger partial charge in [-0.3, -0.25) is 0 Å². The van der Waals surface area contributed by atoms with Crippen LogP contribution in [0.3, 0.4) is 0 Å². The van der Waals surface area contributed by atoms with Gasteiger partial charge in [-0.1, -0.05) is 19.8 Å². The van der Waals surface area contributed by atoms with Crippen molar-refractivity contribution in [3.63, 3.8) is 0 Å². The van der Waals surface area contributed by atoms with Gasteiger partial charge in [0.05, 0.1) is 6.10 Å². The predicted molar refractivity (Wildman–Crippen MR) is 61.5 cm³/mol. The quantitative estimate of drug-likeness (QED) is 0.785. The van der Waals surface area contributed by atoms with Crippen LogP contribution in [0, 0.1) is 5.92 Å². The molecule has 13 heavy (non-hydrogen) atoms. The van der Waals surface area contributed by atoms with E-state index in [1.807, 2.05) is 23.5 Å². The Balaban J connectivity index is 1.81. The van der Waals surface area contributed by atoms with Crippen molar-refractivity contribution in [3.8, 4) is 0 Å². The lowest BCUT2D eigenvalue weighted by atomic mass is 10.1. The van der Waals surface area contributed by atoms with E-state index in [4.69, 9.17) is 0 Å². The number of hydrogen-bond donors (Lipinski definition) is 1. The minimum atomic E-state index is -0.0414. The molecule has 2 fully saturated rings. The second-order valence-corrected chi connectivity index (χ2v) is 6.93. The topological polar surface area (TPSA) is 20.2 Å². The molecule has 1 aliphatic carbocycles. The average molecular weight is 218 g/mol. The maximum Gasteiger partial charge on any atom is 0.0672 e. The van der Waals surface area contributed by atoms with Gasteiger partial charge in [0.15, 0.2) is 0 Å². The van der Waals surface area contributed by atoms with Gasteiger partial charge < -0.3 is 5.11 Å². The van der Waals surface area contributed by atoms with Crippen LogP contribution < -0.4 is 0 Å². The van der Waals surface area contributed by atoms with Crippen LogP contribution >= 0.6 is 23.5 Å². The van der Waals surface area contributed by atoms with Crippen LogP contribution in [0.1, 0.15) is 26.2 Å². The van der Waals surface area contributed by atoms with Gasteiger partial charge >= 0.3 is 0 Å². The third-order valence-corrected chi connectivity index (χ3v) is 6.12. The summed E-state index contributed by atoms with van der Waals surface area (Å²) in [4.78, 5) is 0. The minimum Gasteiger partial charge on any atom is -0.392 e.